The van der Waals surface area contributed by atoms with Crippen molar-refractivity contribution in [1.29, 1.82) is 0 Å². The summed E-state index contributed by atoms with van der Waals surface area (Å²) in [6.45, 7) is 2.75. The van der Waals surface area contributed by atoms with Gasteiger partial charge in [-0.1, -0.05) is 48.9 Å². The second kappa shape index (κ2) is 6.78. The lowest BCUT2D eigenvalue weighted by atomic mass is 9.88. The molecule has 0 radical (unpaired) electrons. The van der Waals surface area contributed by atoms with Gasteiger partial charge in [0.2, 0.25) is 0 Å². The van der Waals surface area contributed by atoms with Crippen molar-refractivity contribution in [3.63, 3.8) is 0 Å². The van der Waals surface area contributed by atoms with Crippen molar-refractivity contribution in [3.05, 3.63) is 65.2 Å². The summed E-state index contributed by atoms with van der Waals surface area (Å²) in [6, 6.07) is 18.2. The average Bonchev–Trinajstić information content (AvgIpc) is 2.50. The van der Waals surface area contributed by atoms with E-state index >= 15 is 0 Å². The summed E-state index contributed by atoms with van der Waals surface area (Å²) in [6.07, 6.45) is 1.87. The molecule has 1 atom stereocenters. The zero-order valence-electron chi connectivity index (χ0n) is 11.8. The molecule has 2 rings (SSSR count). The van der Waals surface area contributed by atoms with E-state index in [1.807, 2.05) is 30.3 Å². The molecule has 2 aromatic carbocycles. The van der Waals surface area contributed by atoms with Crippen molar-refractivity contribution in [2.24, 2.45) is 5.73 Å². The highest BCUT2D eigenvalue weighted by molar-refractivity contribution is 6.30. The van der Waals surface area contributed by atoms with E-state index in [0.717, 1.165) is 23.6 Å². The lowest BCUT2D eigenvalue weighted by molar-refractivity contribution is 0.457. The average molecular weight is 289 g/mol. The van der Waals surface area contributed by atoms with Gasteiger partial charge in [-0.05, 0) is 42.7 Å². The van der Waals surface area contributed by atoms with Crippen LogP contribution in [0.25, 0.3) is 0 Å². The number of nitrogens with one attached hydrogen (secondary N) is 1. The first kappa shape index (κ1) is 14.9. The molecule has 0 aliphatic rings. The number of benzene rings is 2. The third-order valence-corrected chi connectivity index (χ3v) is 3.96. The molecule has 3 heteroatoms. The highest BCUT2D eigenvalue weighted by atomic mass is 35.5. The number of halogens is 1. The minimum Gasteiger partial charge on any atom is -0.378 e. The van der Waals surface area contributed by atoms with Gasteiger partial charge in [0.15, 0.2) is 0 Å². The van der Waals surface area contributed by atoms with Crippen LogP contribution in [0.3, 0.4) is 0 Å². The third-order valence-electron chi connectivity index (χ3n) is 3.71. The Bertz CT molecular complexity index is 518. The molecule has 0 saturated heterocycles. The van der Waals surface area contributed by atoms with Crippen LogP contribution in [-0.2, 0) is 6.42 Å². The van der Waals surface area contributed by atoms with Crippen molar-refractivity contribution in [2.45, 2.75) is 25.3 Å². The van der Waals surface area contributed by atoms with Crippen LogP contribution >= 0.6 is 11.6 Å². The number of rotatable bonds is 6. The zero-order valence-corrected chi connectivity index (χ0v) is 12.5. The first-order valence-electron chi connectivity index (χ1n) is 6.95. The molecule has 2 aromatic rings. The van der Waals surface area contributed by atoms with E-state index in [1.54, 1.807) is 0 Å². The van der Waals surface area contributed by atoms with Crippen LogP contribution in [0.4, 0.5) is 5.69 Å². The maximum Gasteiger partial charge on any atom is 0.0533 e. The van der Waals surface area contributed by atoms with Gasteiger partial charge in [-0.15, -0.1) is 0 Å². The van der Waals surface area contributed by atoms with Crippen LogP contribution < -0.4 is 11.1 Å². The van der Waals surface area contributed by atoms with Crippen molar-refractivity contribution >= 4 is 17.3 Å². The van der Waals surface area contributed by atoms with E-state index in [0.29, 0.717) is 6.54 Å². The molecule has 3 N–H and O–H groups in total. The summed E-state index contributed by atoms with van der Waals surface area (Å²) >= 11 is 5.93. The van der Waals surface area contributed by atoms with Crippen molar-refractivity contribution in [2.75, 3.05) is 11.9 Å². The smallest absolute Gasteiger partial charge is 0.0533 e. The number of hydrogen-bond acceptors (Lipinski definition) is 2. The topological polar surface area (TPSA) is 38.0 Å². The molecule has 1 unspecified atom stereocenters. The second-order valence-corrected chi connectivity index (χ2v) is 5.57. The molecule has 2 nitrogen and oxygen atoms in total. The molecule has 0 spiro atoms. The Morgan fingerprint density at radius 1 is 1.05 bits per heavy atom. The van der Waals surface area contributed by atoms with Crippen LogP contribution in [0.5, 0.6) is 0 Å². The zero-order chi connectivity index (χ0) is 14.4. The van der Waals surface area contributed by atoms with E-state index in [4.69, 9.17) is 17.3 Å². The van der Waals surface area contributed by atoms with E-state index in [2.05, 4.69) is 36.5 Å². The van der Waals surface area contributed by atoms with E-state index < -0.39 is 0 Å². The minimum atomic E-state index is -0.130. The fourth-order valence-corrected chi connectivity index (χ4v) is 2.48. The molecule has 0 fully saturated rings. The Hall–Kier alpha value is -1.51. The van der Waals surface area contributed by atoms with Crippen LogP contribution in [0.2, 0.25) is 5.02 Å². The van der Waals surface area contributed by atoms with Crippen molar-refractivity contribution in [1.82, 2.24) is 0 Å². The monoisotopic (exact) mass is 288 g/mol. The fourth-order valence-electron chi connectivity index (χ4n) is 2.35. The highest BCUT2D eigenvalue weighted by Crippen LogP contribution is 2.23. The Labute approximate surface area is 126 Å². The quantitative estimate of drug-likeness (QED) is 0.840. The summed E-state index contributed by atoms with van der Waals surface area (Å²) in [4.78, 5) is 0. The molecule has 0 aromatic heterocycles. The van der Waals surface area contributed by atoms with E-state index in [-0.39, 0.29) is 5.54 Å². The molecule has 20 heavy (non-hydrogen) atoms. The first-order chi connectivity index (χ1) is 9.67. The lowest BCUT2D eigenvalue weighted by Gasteiger charge is -2.34. The fraction of sp³-hybridized carbons (Fsp3) is 0.294. The van der Waals surface area contributed by atoms with E-state index in [9.17, 15) is 0 Å². The SMILES string of the molecule is CCC(CN)(Cc1ccccc1)Nc1ccc(Cl)cc1. The van der Waals surface area contributed by atoms with Gasteiger partial charge in [0.25, 0.3) is 0 Å². The molecular weight excluding hydrogens is 268 g/mol. The summed E-state index contributed by atoms with van der Waals surface area (Å²) in [5.74, 6) is 0. The van der Waals surface area contributed by atoms with Crippen LogP contribution in [0, 0.1) is 0 Å². The summed E-state index contributed by atoms with van der Waals surface area (Å²) < 4.78 is 0. The van der Waals surface area contributed by atoms with Crippen LogP contribution in [-0.4, -0.2) is 12.1 Å². The normalized spacial score (nSPS) is 13.8. The Kier molecular flexibility index (Phi) is 5.05. The van der Waals surface area contributed by atoms with Gasteiger partial charge in [0, 0.05) is 17.3 Å². The standard InChI is InChI=1S/C17H21ClN2/c1-2-17(13-19,12-14-6-4-3-5-7-14)20-16-10-8-15(18)9-11-16/h3-11,20H,2,12-13,19H2,1H3. The van der Waals surface area contributed by atoms with Gasteiger partial charge >= 0.3 is 0 Å². The molecule has 0 aliphatic heterocycles. The Morgan fingerprint density at radius 2 is 1.70 bits per heavy atom. The Balaban J connectivity index is 2.18. The number of hydrogen-bond donors (Lipinski definition) is 2. The highest BCUT2D eigenvalue weighted by Gasteiger charge is 2.26. The predicted molar refractivity (Wildman–Crippen MR) is 87.3 cm³/mol. The molecular formula is C17H21ClN2. The maximum absolute atomic E-state index is 6.06. The second-order valence-electron chi connectivity index (χ2n) is 5.13. The summed E-state index contributed by atoms with van der Waals surface area (Å²) in [5, 5.41) is 4.33. The van der Waals surface area contributed by atoms with Gasteiger partial charge in [-0.25, -0.2) is 0 Å². The first-order valence-corrected chi connectivity index (χ1v) is 7.33. The van der Waals surface area contributed by atoms with Crippen LogP contribution in [0.15, 0.2) is 54.6 Å². The predicted octanol–water partition coefficient (Wildman–Crippen LogP) is 4.10. The van der Waals surface area contributed by atoms with Gasteiger partial charge in [-0.2, -0.15) is 0 Å². The minimum absolute atomic E-state index is 0.130. The lowest BCUT2D eigenvalue weighted by Crippen LogP contribution is -2.47. The summed E-state index contributed by atoms with van der Waals surface area (Å²) in [5.41, 5.74) is 8.27. The van der Waals surface area contributed by atoms with Gasteiger partial charge < -0.3 is 11.1 Å². The Morgan fingerprint density at radius 3 is 2.25 bits per heavy atom. The largest absolute Gasteiger partial charge is 0.378 e. The van der Waals surface area contributed by atoms with Crippen molar-refractivity contribution < 1.29 is 0 Å². The van der Waals surface area contributed by atoms with Crippen molar-refractivity contribution in [3.8, 4) is 0 Å². The van der Waals surface area contributed by atoms with Gasteiger partial charge in [0.1, 0.15) is 0 Å². The number of anilines is 1. The number of nitrogens with two attached hydrogens (primary N) is 1. The molecule has 0 aliphatic carbocycles. The van der Waals surface area contributed by atoms with Crippen LogP contribution in [0.1, 0.15) is 18.9 Å². The molecule has 106 valence electrons. The summed E-state index contributed by atoms with van der Waals surface area (Å²) in [7, 11) is 0. The molecule has 0 amide bonds. The van der Waals surface area contributed by atoms with Gasteiger partial charge in [-0.3, -0.25) is 0 Å². The van der Waals surface area contributed by atoms with Gasteiger partial charge in [0.05, 0.1) is 5.54 Å². The van der Waals surface area contributed by atoms with E-state index in [1.165, 1.54) is 5.56 Å². The third kappa shape index (κ3) is 3.75. The molecule has 0 bridgehead atoms. The molecule has 0 saturated carbocycles. The molecule has 0 heterocycles. The maximum atomic E-state index is 6.06.